The van der Waals surface area contributed by atoms with Crippen molar-refractivity contribution < 1.29 is 18.1 Å². The van der Waals surface area contributed by atoms with Crippen molar-refractivity contribution in [2.45, 2.75) is 11.3 Å². The minimum Gasteiger partial charge on any atom is -0.383 e. The molecule has 1 saturated heterocycles. The minimum atomic E-state index is -3.71. The number of hydrogen-bond acceptors (Lipinski definition) is 6. The molecule has 0 amide bonds. The molecule has 1 aromatic carbocycles. The van der Waals surface area contributed by atoms with Gasteiger partial charge in [0.2, 0.25) is 10.0 Å². The van der Waals surface area contributed by atoms with E-state index < -0.39 is 14.9 Å². The van der Waals surface area contributed by atoms with Crippen LogP contribution in [-0.4, -0.2) is 69.0 Å². The van der Waals surface area contributed by atoms with Crippen LogP contribution >= 0.6 is 0 Å². The largest absolute Gasteiger partial charge is 0.383 e. The summed E-state index contributed by atoms with van der Waals surface area (Å²) in [5.74, 6) is 0. The quantitative estimate of drug-likeness (QED) is 0.564. The van der Waals surface area contributed by atoms with Crippen LogP contribution in [0.25, 0.3) is 0 Å². The van der Waals surface area contributed by atoms with E-state index in [1.807, 2.05) is 0 Å². The Balaban J connectivity index is 2.13. The number of nitro groups is 1. The summed E-state index contributed by atoms with van der Waals surface area (Å²) in [6, 6.07) is 5.19. The van der Waals surface area contributed by atoms with Gasteiger partial charge in [-0.15, -0.1) is 0 Å². The van der Waals surface area contributed by atoms with E-state index in [9.17, 15) is 18.5 Å². The Labute approximate surface area is 135 Å². The van der Waals surface area contributed by atoms with Crippen LogP contribution in [0, 0.1) is 10.1 Å². The Hall–Kier alpha value is -1.55. The van der Waals surface area contributed by atoms with E-state index in [0.29, 0.717) is 26.2 Å². The lowest BCUT2D eigenvalue weighted by Crippen LogP contribution is -2.36. The topological polar surface area (TPSA) is 93.0 Å². The van der Waals surface area contributed by atoms with E-state index in [0.717, 1.165) is 25.6 Å². The number of benzene rings is 1. The first-order valence-electron chi connectivity index (χ1n) is 7.41. The molecule has 128 valence electrons. The highest BCUT2D eigenvalue weighted by Gasteiger charge is 2.27. The summed E-state index contributed by atoms with van der Waals surface area (Å²) >= 11 is 0. The minimum absolute atomic E-state index is 0.0305. The van der Waals surface area contributed by atoms with E-state index in [1.165, 1.54) is 22.5 Å². The average Bonchev–Trinajstić information content (AvgIpc) is 2.79. The maximum atomic E-state index is 12.7. The number of hydrogen-bond donors (Lipinski definition) is 0. The molecule has 0 bridgehead atoms. The maximum absolute atomic E-state index is 12.7. The molecule has 0 unspecified atom stereocenters. The van der Waals surface area contributed by atoms with Gasteiger partial charge in [-0.05, 0) is 19.0 Å². The Kier molecular flexibility index (Phi) is 6.05. The molecule has 1 aromatic rings. The summed E-state index contributed by atoms with van der Waals surface area (Å²) in [5, 5.41) is 10.8. The number of rotatable bonds is 6. The lowest BCUT2D eigenvalue weighted by atomic mass is 10.3. The van der Waals surface area contributed by atoms with Crippen molar-refractivity contribution in [2.24, 2.45) is 0 Å². The molecular weight excluding hydrogens is 322 g/mol. The van der Waals surface area contributed by atoms with Crippen LogP contribution in [0.15, 0.2) is 29.2 Å². The Morgan fingerprint density at radius 2 is 2.04 bits per heavy atom. The summed E-state index contributed by atoms with van der Waals surface area (Å²) in [6.45, 7) is 3.59. The molecule has 0 atom stereocenters. The van der Waals surface area contributed by atoms with E-state index in [-0.39, 0.29) is 10.6 Å². The highest BCUT2D eigenvalue weighted by Crippen LogP contribution is 2.22. The van der Waals surface area contributed by atoms with Crippen molar-refractivity contribution in [3.05, 3.63) is 34.4 Å². The molecule has 1 aliphatic heterocycles. The zero-order valence-electron chi connectivity index (χ0n) is 13.1. The molecule has 1 fully saturated rings. The molecule has 23 heavy (non-hydrogen) atoms. The monoisotopic (exact) mass is 343 g/mol. The first kappa shape index (κ1) is 17.8. The van der Waals surface area contributed by atoms with Gasteiger partial charge in [0, 0.05) is 45.4 Å². The van der Waals surface area contributed by atoms with Gasteiger partial charge in [0.15, 0.2) is 0 Å². The summed E-state index contributed by atoms with van der Waals surface area (Å²) < 4.78 is 31.8. The Morgan fingerprint density at radius 1 is 1.26 bits per heavy atom. The first-order chi connectivity index (χ1) is 10.9. The lowest BCUT2D eigenvalue weighted by Gasteiger charge is -2.21. The van der Waals surface area contributed by atoms with Crippen molar-refractivity contribution >= 4 is 15.7 Å². The second-order valence-corrected chi connectivity index (χ2v) is 7.28. The maximum Gasteiger partial charge on any atom is 0.270 e. The van der Waals surface area contributed by atoms with Crippen LogP contribution in [0.1, 0.15) is 6.42 Å². The molecule has 0 aliphatic carbocycles. The van der Waals surface area contributed by atoms with E-state index in [1.54, 1.807) is 7.11 Å². The van der Waals surface area contributed by atoms with Crippen LogP contribution in [0.5, 0.6) is 0 Å². The van der Waals surface area contributed by atoms with Crippen molar-refractivity contribution in [3.63, 3.8) is 0 Å². The molecular formula is C14H21N3O5S. The fourth-order valence-electron chi connectivity index (χ4n) is 2.54. The normalized spacial score (nSPS) is 17.8. The van der Waals surface area contributed by atoms with Crippen LogP contribution in [-0.2, 0) is 14.8 Å². The fourth-order valence-corrected chi connectivity index (χ4v) is 4.05. The third-order valence-electron chi connectivity index (χ3n) is 3.83. The van der Waals surface area contributed by atoms with Crippen LogP contribution in [0.4, 0.5) is 5.69 Å². The van der Waals surface area contributed by atoms with Gasteiger partial charge in [0.25, 0.3) is 5.69 Å². The number of nitrogens with zero attached hydrogens (tertiary/aromatic N) is 3. The predicted octanol–water partition coefficient (Wildman–Crippen LogP) is 0.938. The molecule has 0 saturated carbocycles. The summed E-state index contributed by atoms with van der Waals surface area (Å²) in [6.07, 6.45) is 0.720. The summed E-state index contributed by atoms with van der Waals surface area (Å²) in [4.78, 5) is 12.4. The van der Waals surface area contributed by atoms with Crippen molar-refractivity contribution in [3.8, 4) is 0 Å². The molecule has 1 heterocycles. The third kappa shape index (κ3) is 4.47. The Bertz CT molecular complexity index is 650. The number of nitro benzene ring substituents is 1. The fraction of sp³-hybridized carbons (Fsp3) is 0.571. The highest BCUT2D eigenvalue weighted by atomic mass is 32.2. The smallest absolute Gasteiger partial charge is 0.270 e. The van der Waals surface area contributed by atoms with E-state index in [4.69, 9.17) is 4.74 Å². The van der Waals surface area contributed by atoms with Gasteiger partial charge in [0.05, 0.1) is 16.4 Å². The number of sulfonamides is 1. The highest BCUT2D eigenvalue weighted by molar-refractivity contribution is 7.89. The molecule has 0 aromatic heterocycles. The van der Waals surface area contributed by atoms with Crippen LogP contribution in [0.3, 0.4) is 0 Å². The number of methoxy groups -OCH3 is 1. The zero-order chi connectivity index (χ0) is 16.9. The standard InChI is InChI=1S/C14H21N3O5S/c1-22-11-10-15-6-3-7-16(9-8-15)23(20,21)14-5-2-4-13(12-14)17(18)19/h2,4-5,12H,3,6-11H2,1H3. The number of non-ortho nitro benzene ring substituents is 1. The molecule has 0 radical (unpaired) electrons. The van der Waals surface area contributed by atoms with Gasteiger partial charge in [-0.3, -0.25) is 15.0 Å². The van der Waals surface area contributed by atoms with Crippen LogP contribution < -0.4 is 0 Å². The predicted molar refractivity (Wildman–Crippen MR) is 84.8 cm³/mol. The van der Waals surface area contributed by atoms with Gasteiger partial charge in [0.1, 0.15) is 0 Å². The zero-order valence-corrected chi connectivity index (χ0v) is 13.9. The van der Waals surface area contributed by atoms with E-state index >= 15 is 0 Å². The van der Waals surface area contributed by atoms with Gasteiger partial charge in [-0.1, -0.05) is 6.07 Å². The Morgan fingerprint density at radius 3 is 2.74 bits per heavy atom. The van der Waals surface area contributed by atoms with Crippen molar-refractivity contribution in [2.75, 3.05) is 46.4 Å². The van der Waals surface area contributed by atoms with E-state index in [2.05, 4.69) is 4.90 Å². The second kappa shape index (κ2) is 7.82. The van der Waals surface area contributed by atoms with Gasteiger partial charge in [-0.2, -0.15) is 4.31 Å². The van der Waals surface area contributed by atoms with Gasteiger partial charge >= 0.3 is 0 Å². The molecule has 0 spiro atoms. The van der Waals surface area contributed by atoms with Crippen molar-refractivity contribution in [1.82, 2.24) is 9.21 Å². The number of ether oxygens (including phenoxy) is 1. The molecule has 0 N–H and O–H groups in total. The van der Waals surface area contributed by atoms with Gasteiger partial charge < -0.3 is 4.74 Å². The average molecular weight is 343 g/mol. The third-order valence-corrected chi connectivity index (χ3v) is 5.72. The van der Waals surface area contributed by atoms with Gasteiger partial charge in [-0.25, -0.2) is 8.42 Å². The second-order valence-electron chi connectivity index (χ2n) is 5.35. The SMILES string of the molecule is COCCN1CCCN(S(=O)(=O)c2cccc([N+](=O)[O-])c2)CC1. The summed E-state index contributed by atoms with van der Waals surface area (Å²) in [5.41, 5.74) is -0.220. The molecule has 1 aliphatic rings. The summed E-state index contributed by atoms with van der Waals surface area (Å²) in [7, 11) is -2.08. The first-order valence-corrected chi connectivity index (χ1v) is 8.85. The molecule has 9 heteroatoms. The lowest BCUT2D eigenvalue weighted by molar-refractivity contribution is -0.385. The molecule has 8 nitrogen and oxygen atoms in total. The molecule has 2 rings (SSSR count). The van der Waals surface area contributed by atoms with Crippen molar-refractivity contribution in [1.29, 1.82) is 0 Å². The van der Waals surface area contributed by atoms with Crippen LogP contribution in [0.2, 0.25) is 0 Å².